The Kier molecular flexibility index (Phi) is 20.3. The van der Waals surface area contributed by atoms with Gasteiger partial charge >= 0.3 is 207 Å². The van der Waals surface area contributed by atoms with E-state index in [1.807, 2.05) is 0 Å². The van der Waals surface area contributed by atoms with E-state index in [2.05, 4.69) is 27.4 Å². The molecule has 0 bridgehead atoms. The third-order valence-corrected chi connectivity index (χ3v) is 14.2. The van der Waals surface area contributed by atoms with Crippen LogP contribution in [0.15, 0.2) is 12.8 Å². The van der Waals surface area contributed by atoms with Crippen molar-refractivity contribution in [1.82, 2.24) is 0 Å². The molecule has 0 aromatic rings. The standard InChI is InChI=1S/C28H56ClO2P/c1-5-9-12-15-18-21-24-32(29,27-28(30)31-8-4,25-22-19-16-13-10-6-2)26-23-20-17-14-11-7-3/h8H,4-7,9-27H2,1-3H3. The molecule has 0 rings (SSSR count). The summed E-state index contributed by atoms with van der Waals surface area (Å²) in [5.74, 6) is -2.81. The second-order valence-corrected chi connectivity index (χ2v) is 18.3. The molecule has 192 valence electrons. The van der Waals surface area contributed by atoms with Crippen LogP contribution in [0.1, 0.15) is 136 Å². The Hall–Kier alpha value is -0.0700. The molecule has 0 N–H and O–H groups in total. The van der Waals surface area contributed by atoms with Gasteiger partial charge in [-0.25, -0.2) is 0 Å². The molecule has 0 aromatic heterocycles. The number of unbranched alkanes of at least 4 members (excludes halogenated alkanes) is 15. The van der Waals surface area contributed by atoms with E-state index in [0.29, 0.717) is 6.16 Å². The monoisotopic (exact) mass is 490 g/mol. The Bertz CT molecular complexity index is 423. The summed E-state index contributed by atoms with van der Waals surface area (Å²) in [5.41, 5.74) is 0. The Morgan fingerprint density at radius 1 is 0.656 bits per heavy atom. The molecule has 0 aromatic carbocycles. The number of esters is 1. The Labute approximate surface area is 206 Å². The zero-order valence-electron chi connectivity index (χ0n) is 22.0. The van der Waals surface area contributed by atoms with Crippen molar-refractivity contribution in [3.05, 3.63) is 12.8 Å². The minimum absolute atomic E-state index is 0.157. The van der Waals surface area contributed by atoms with Crippen LogP contribution in [-0.2, 0) is 9.53 Å². The van der Waals surface area contributed by atoms with E-state index in [0.717, 1.165) is 37.7 Å². The summed E-state index contributed by atoms with van der Waals surface area (Å²) < 4.78 is 5.21. The van der Waals surface area contributed by atoms with Gasteiger partial charge in [-0.05, 0) is 0 Å². The minimum atomic E-state index is -2.65. The molecule has 0 aliphatic heterocycles. The van der Waals surface area contributed by atoms with Gasteiger partial charge in [0.1, 0.15) is 0 Å². The fraction of sp³-hybridized carbons (Fsp3) is 0.893. The summed E-state index contributed by atoms with van der Waals surface area (Å²) in [5, 5.41) is 0. The molecule has 0 aliphatic carbocycles. The average Bonchev–Trinajstić information content (AvgIpc) is 2.76. The molecule has 0 atom stereocenters. The molecular formula is C28H56ClO2P. The van der Waals surface area contributed by atoms with Gasteiger partial charge in [-0.1, -0.05) is 0 Å². The molecule has 0 heterocycles. The number of hydrogen-bond acceptors (Lipinski definition) is 2. The molecule has 0 radical (unpaired) electrons. The summed E-state index contributed by atoms with van der Waals surface area (Å²) in [6, 6.07) is 0. The van der Waals surface area contributed by atoms with Crippen LogP contribution >= 0.6 is 17.2 Å². The van der Waals surface area contributed by atoms with Crippen molar-refractivity contribution in [2.45, 2.75) is 136 Å². The van der Waals surface area contributed by atoms with Crippen LogP contribution in [0.2, 0.25) is 0 Å². The first kappa shape index (κ1) is 31.9. The maximum absolute atomic E-state index is 12.6. The van der Waals surface area contributed by atoms with E-state index < -0.39 is 5.96 Å². The summed E-state index contributed by atoms with van der Waals surface area (Å²) in [4.78, 5) is 12.6. The SMILES string of the molecule is C=COC(=O)CP(Cl)(CCCCCCCC)(CCCCCCCC)CCCCCCCC. The van der Waals surface area contributed by atoms with E-state index in [4.69, 9.17) is 16.0 Å². The molecule has 4 heteroatoms. The first-order valence-corrected chi connectivity index (χ1v) is 17.8. The summed E-state index contributed by atoms with van der Waals surface area (Å²) in [6.45, 7) is 10.4. The van der Waals surface area contributed by atoms with Gasteiger partial charge in [0.05, 0.1) is 0 Å². The number of halogens is 1. The zero-order valence-corrected chi connectivity index (χ0v) is 23.6. The molecule has 0 saturated heterocycles. The fourth-order valence-corrected chi connectivity index (χ4v) is 11.2. The van der Waals surface area contributed by atoms with Gasteiger partial charge in [0.15, 0.2) is 0 Å². The van der Waals surface area contributed by atoms with Crippen LogP contribution in [0.3, 0.4) is 0 Å². The van der Waals surface area contributed by atoms with Gasteiger partial charge < -0.3 is 0 Å². The number of ether oxygens (including phenoxy) is 1. The van der Waals surface area contributed by atoms with Crippen molar-refractivity contribution in [2.24, 2.45) is 0 Å². The van der Waals surface area contributed by atoms with Crippen LogP contribution in [0, 0.1) is 0 Å². The van der Waals surface area contributed by atoms with Crippen molar-refractivity contribution >= 4 is 23.2 Å². The molecule has 0 fully saturated rings. The fourth-order valence-electron chi connectivity index (χ4n) is 4.89. The van der Waals surface area contributed by atoms with Crippen molar-refractivity contribution in [1.29, 1.82) is 0 Å². The van der Waals surface area contributed by atoms with Crippen molar-refractivity contribution in [3.63, 3.8) is 0 Å². The van der Waals surface area contributed by atoms with Crippen LogP contribution in [0.5, 0.6) is 0 Å². The zero-order chi connectivity index (χ0) is 24.0. The van der Waals surface area contributed by atoms with Crippen LogP contribution < -0.4 is 0 Å². The third-order valence-electron chi connectivity index (χ3n) is 6.95. The van der Waals surface area contributed by atoms with Gasteiger partial charge in [-0.15, -0.1) is 0 Å². The van der Waals surface area contributed by atoms with E-state index in [-0.39, 0.29) is 5.97 Å². The number of rotatable bonds is 24. The molecule has 0 saturated carbocycles. The van der Waals surface area contributed by atoms with Gasteiger partial charge in [-0.2, -0.15) is 0 Å². The Morgan fingerprint density at radius 2 is 0.969 bits per heavy atom. The molecule has 2 nitrogen and oxygen atoms in total. The number of carbonyl (C=O) groups is 1. The summed E-state index contributed by atoms with van der Waals surface area (Å²) >= 11 is 7.74. The predicted molar refractivity (Wildman–Crippen MR) is 149 cm³/mol. The maximum atomic E-state index is 12.6. The van der Waals surface area contributed by atoms with Gasteiger partial charge in [0, 0.05) is 0 Å². The quantitative estimate of drug-likeness (QED) is 0.0581. The second kappa shape index (κ2) is 20.3. The first-order valence-electron chi connectivity index (χ1n) is 14.0. The molecule has 32 heavy (non-hydrogen) atoms. The van der Waals surface area contributed by atoms with Crippen molar-refractivity contribution in [2.75, 3.05) is 24.6 Å². The molecule has 0 amide bonds. The van der Waals surface area contributed by atoms with Crippen LogP contribution in [0.4, 0.5) is 0 Å². The van der Waals surface area contributed by atoms with E-state index in [1.54, 1.807) is 0 Å². The number of carbonyl (C=O) groups excluding carboxylic acids is 1. The van der Waals surface area contributed by atoms with Crippen LogP contribution in [0.25, 0.3) is 0 Å². The number of hydrogen-bond donors (Lipinski definition) is 0. The van der Waals surface area contributed by atoms with Gasteiger partial charge in [-0.3, -0.25) is 0 Å². The van der Waals surface area contributed by atoms with E-state index in [9.17, 15) is 4.79 Å². The molecule has 0 aliphatic rings. The first-order chi connectivity index (χ1) is 15.4. The van der Waals surface area contributed by atoms with Gasteiger partial charge in [0.25, 0.3) is 0 Å². The van der Waals surface area contributed by atoms with E-state index in [1.165, 1.54) is 103 Å². The molecule has 0 spiro atoms. The van der Waals surface area contributed by atoms with E-state index >= 15 is 0 Å². The van der Waals surface area contributed by atoms with Crippen molar-refractivity contribution < 1.29 is 9.53 Å². The van der Waals surface area contributed by atoms with Crippen LogP contribution in [-0.4, -0.2) is 30.6 Å². The Balaban J connectivity index is 5.12. The average molecular weight is 491 g/mol. The second-order valence-electron chi connectivity index (χ2n) is 10.1. The topological polar surface area (TPSA) is 26.3 Å². The Morgan fingerprint density at radius 3 is 1.28 bits per heavy atom. The summed E-state index contributed by atoms with van der Waals surface area (Å²) in [6.07, 6.45) is 27.8. The predicted octanol–water partition coefficient (Wildman–Crippen LogP) is 10.5. The van der Waals surface area contributed by atoms with Crippen molar-refractivity contribution in [3.8, 4) is 0 Å². The third kappa shape index (κ3) is 16.5. The summed E-state index contributed by atoms with van der Waals surface area (Å²) in [7, 11) is 0. The molecular weight excluding hydrogens is 435 g/mol. The molecule has 0 unspecified atom stereocenters. The normalized spacial score (nSPS) is 12.9. The van der Waals surface area contributed by atoms with Gasteiger partial charge in [0.2, 0.25) is 0 Å².